The van der Waals surface area contributed by atoms with Crippen LogP contribution < -0.4 is 10.5 Å². The summed E-state index contributed by atoms with van der Waals surface area (Å²) in [5.74, 6) is 1.54. The SMILES string of the molecule is COc1c(Br)cc(C)cc1C1CC(CN)CN1C. The minimum absolute atomic E-state index is 0.407. The number of hydrogen-bond acceptors (Lipinski definition) is 3. The van der Waals surface area contributed by atoms with Crippen LogP contribution in [0.15, 0.2) is 16.6 Å². The first kappa shape index (κ1) is 13.8. The van der Waals surface area contributed by atoms with E-state index in [0.717, 1.165) is 29.7 Å². The lowest BCUT2D eigenvalue weighted by atomic mass is 9.97. The molecule has 0 aliphatic carbocycles. The van der Waals surface area contributed by atoms with Gasteiger partial charge in [0.15, 0.2) is 0 Å². The Balaban J connectivity index is 2.38. The maximum absolute atomic E-state index is 5.80. The molecule has 4 heteroatoms. The zero-order chi connectivity index (χ0) is 13.3. The molecule has 100 valence electrons. The standard InChI is InChI=1S/C14H21BrN2O/c1-9-4-11(14(18-3)12(15)5-9)13-6-10(7-16)8-17(13)2/h4-5,10,13H,6-8,16H2,1-3H3. The van der Waals surface area contributed by atoms with Crippen molar-refractivity contribution in [2.45, 2.75) is 19.4 Å². The molecule has 0 amide bonds. The van der Waals surface area contributed by atoms with Gasteiger partial charge in [-0.3, -0.25) is 4.90 Å². The van der Waals surface area contributed by atoms with Crippen LogP contribution in [0.25, 0.3) is 0 Å². The van der Waals surface area contributed by atoms with Gasteiger partial charge >= 0.3 is 0 Å². The van der Waals surface area contributed by atoms with E-state index >= 15 is 0 Å². The predicted molar refractivity (Wildman–Crippen MR) is 78.0 cm³/mol. The molecule has 0 aromatic heterocycles. The molecule has 2 N–H and O–H groups in total. The molecule has 1 aliphatic heterocycles. The highest BCUT2D eigenvalue weighted by atomic mass is 79.9. The van der Waals surface area contributed by atoms with E-state index in [-0.39, 0.29) is 0 Å². The number of aryl methyl sites for hydroxylation is 1. The van der Waals surface area contributed by atoms with Crippen molar-refractivity contribution in [3.8, 4) is 5.75 Å². The third-order valence-corrected chi connectivity index (χ3v) is 4.34. The number of benzene rings is 1. The molecule has 1 aromatic rings. The lowest BCUT2D eigenvalue weighted by Crippen LogP contribution is -2.21. The minimum Gasteiger partial charge on any atom is -0.495 e. The van der Waals surface area contributed by atoms with Crippen molar-refractivity contribution in [3.05, 3.63) is 27.7 Å². The molecule has 2 atom stereocenters. The molecule has 0 radical (unpaired) electrons. The molecule has 1 fully saturated rings. The Morgan fingerprint density at radius 1 is 1.50 bits per heavy atom. The maximum Gasteiger partial charge on any atom is 0.137 e. The quantitative estimate of drug-likeness (QED) is 0.932. The van der Waals surface area contributed by atoms with Crippen LogP contribution in [0.2, 0.25) is 0 Å². The van der Waals surface area contributed by atoms with Crippen molar-refractivity contribution < 1.29 is 4.74 Å². The van der Waals surface area contributed by atoms with Crippen molar-refractivity contribution in [3.63, 3.8) is 0 Å². The first-order valence-corrected chi connectivity index (χ1v) is 7.10. The molecule has 1 saturated heterocycles. The topological polar surface area (TPSA) is 38.5 Å². The van der Waals surface area contributed by atoms with E-state index in [1.807, 2.05) is 0 Å². The highest BCUT2D eigenvalue weighted by Gasteiger charge is 2.32. The normalized spacial score (nSPS) is 24.5. The molecule has 0 spiro atoms. The van der Waals surface area contributed by atoms with E-state index in [0.29, 0.717) is 12.0 Å². The van der Waals surface area contributed by atoms with E-state index in [1.54, 1.807) is 7.11 Å². The number of likely N-dealkylation sites (tertiary alicyclic amines) is 1. The van der Waals surface area contributed by atoms with Crippen LogP contribution in [-0.4, -0.2) is 32.1 Å². The fraction of sp³-hybridized carbons (Fsp3) is 0.571. The van der Waals surface area contributed by atoms with Crippen molar-refractivity contribution >= 4 is 15.9 Å². The third kappa shape index (κ3) is 2.56. The Hall–Kier alpha value is -0.580. The van der Waals surface area contributed by atoms with Crippen molar-refractivity contribution in [2.24, 2.45) is 11.7 Å². The summed E-state index contributed by atoms with van der Waals surface area (Å²) >= 11 is 3.59. The lowest BCUT2D eigenvalue weighted by Gasteiger charge is -2.23. The number of nitrogens with zero attached hydrogens (tertiary/aromatic N) is 1. The molecule has 2 rings (SSSR count). The zero-order valence-corrected chi connectivity index (χ0v) is 12.8. The number of nitrogens with two attached hydrogens (primary N) is 1. The van der Waals surface area contributed by atoms with Crippen LogP contribution in [0.1, 0.15) is 23.6 Å². The van der Waals surface area contributed by atoms with Gasteiger partial charge in [-0.1, -0.05) is 6.07 Å². The Kier molecular flexibility index (Phi) is 4.30. The maximum atomic E-state index is 5.80. The highest BCUT2D eigenvalue weighted by molar-refractivity contribution is 9.10. The van der Waals surface area contributed by atoms with Gasteiger partial charge in [-0.05, 0) is 60.4 Å². The minimum atomic E-state index is 0.407. The number of ether oxygens (including phenoxy) is 1. The summed E-state index contributed by atoms with van der Waals surface area (Å²) in [6, 6.07) is 4.73. The fourth-order valence-corrected chi connectivity index (χ4v) is 3.61. The first-order chi connectivity index (χ1) is 8.56. The average Bonchev–Trinajstić information content (AvgIpc) is 2.69. The van der Waals surface area contributed by atoms with Gasteiger partial charge < -0.3 is 10.5 Å². The summed E-state index contributed by atoms with van der Waals surface area (Å²) in [5.41, 5.74) is 8.32. The Morgan fingerprint density at radius 2 is 2.22 bits per heavy atom. The molecular weight excluding hydrogens is 292 g/mol. The molecule has 1 aliphatic rings. The molecule has 3 nitrogen and oxygen atoms in total. The van der Waals surface area contributed by atoms with Gasteiger partial charge in [-0.15, -0.1) is 0 Å². The molecule has 0 saturated carbocycles. The number of halogens is 1. The largest absolute Gasteiger partial charge is 0.495 e. The predicted octanol–water partition coefficient (Wildman–Crippen LogP) is 2.72. The van der Waals surface area contributed by atoms with Crippen LogP contribution in [0.3, 0.4) is 0 Å². The van der Waals surface area contributed by atoms with Crippen LogP contribution in [0, 0.1) is 12.8 Å². The molecule has 18 heavy (non-hydrogen) atoms. The summed E-state index contributed by atoms with van der Waals surface area (Å²) in [6.45, 7) is 3.94. The molecule has 0 bridgehead atoms. The summed E-state index contributed by atoms with van der Waals surface area (Å²) < 4.78 is 6.59. The third-order valence-electron chi connectivity index (χ3n) is 3.75. The van der Waals surface area contributed by atoms with Gasteiger partial charge in [-0.25, -0.2) is 0 Å². The van der Waals surface area contributed by atoms with Crippen LogP contribution >= 0.6 is 15.9 Å². The van der Waals surface area contributed by atoms with Gasteiger partial charge in [0.1, 0.15) is 5.75 Å². The lowest BCUT2D eigenvalue weighted by molar-refractivity contribution is 0.302. The van der Waals surface area contributed by atoms with E-state index in [1.165, 1.54) is 11.1 Å². The fourth-order valence-electron chi connectivity index (χ4n) is 2.86. The van der Waals surface area contributed by atoms with Gasteiger partial charge in [-0.2, -0.15) is 0 Å². The van der Waals surface area contributed by atoms with Gasteiger partial charge in [0.05, 0.1) is 11.6 Å². The Labute approximate surface area is 117 Å². The Bertz CT molecular complexity index is 436. The first-order valence-electron chi connectivity index (χ1n) is 6.31. The molecule has 1 heterocycles. The Morgan fingerprint density at radius 3 is 2.78 bits per heavy atom. The average molecular weight is 313 g/mol. The number of rotatable bonds is 3. The summed E-state index contributed by atoms with van der Waals surface area (Å²) in [6.07, 6.45) is 1.11. The van der Waals surface area contributed by atoms with E-state index in [9.17, 15) is 0 Å². The van der Waals surface area contributed by atoms with Crippen molar-refractivity contribution in [1.82, 2.24) is 4.90 Å². The van der Waals surface area contributed by atoms with Gasteiger partial charge in [0.2, 0.25) is 0 Å². The molecule has 2 unspecified atom stereocenters. The summed E-state index contributed by atoms with van der Waals surface area (Å²) in [5, 5.41) is 0. The van der Waals surface area contributed by atoms with Crippen molar-refractivity contribution in [2.75, 3.05) is 27.2 Å². The highest BCUT2D eigenvalue weighted by Crippen LogP contribution is 2.41. The second kappa shape index (κ2) is 5.59. The van der Waals surface area contributed by atoms with E-state index < -0.39 is 0 Å². The molecular formula is C14H21BrN2O. The summed E-state index contributed by atoms with van der Waals surface area (Å²) in [7, 11) is 3.89. The van der Waals surface area contributed by atoms with Gasteiger partial charge in [0.25, 0.3) is 0 Å². The van der Waals surface area contributed by atoms with E-state index in [4.69, 9.17) is 10.5 Å². The second-order valence-corrected chi connectivity index (χ2v) is 6.02. The van der Waals surface area contributed by atoms with E-state index in [2.05, 4.69) is 46.9 Å². The van der Waals surface area contributed by atoms with Crippen LogP contribution in [0.4, 0.5) is 0 Å². The second-order valence-electron chi connectivity index (χ2n) is 5.16. The smallest absolute Gasteiger partial charge is 0.137 e. The number of hydrogen-bond donors (Lipinski definition) is 1. The van der Waals surface area contributed by atoms with Crippen LogP contribution in [-0.2, 0) is 0 Å². The number of methoxy groups -OCH3 is 1. The van der Waals surface area contributed by atoms with Crippen LogP contribution in [0.5, 0.6) is 5.75 Å². The van der Waals surface area contributed by atoms with Crippen molar-refractivity contribution in [1.29, 1.82) is 0 Å². The monoisotopic (exact) mass is 312 g/mol. The summed E-state index contributed by atoms with van der Waals surface area (Å²) in [4.78, 5) is 2.38. The zero-order valence-electron chi connectivity index (χ0n) is 11.2. The van der Waals surface area contributed by atoms with Gasteiger partial charge in [0, 0.05) is 18.2 Å². The molecule has 1 aromatic carbocycles.